The third-order valence-corrected chi connectivity index (χ3v) is 5.85. The van der Waals surface area contributed by atoms with Crippen molar-refractivity contribution in [1.82, 2.24) is 0 Å². The summed E-state index contributed by atoms with van der Waals surface area (Å²) < 4.78 is 11.1. The first kappa shape index (κ1) is 29.4. The number of hydrogen-bond donors (Lipinski definition) is 2. The Morgan fingerprint density at radius 2 is 1.62 bits per heavy atom. The smallest absolute Gasteiger partial charge is 0.412 e. The number of para-hydroxylation sites is 1. The Bertz CT molecular complexity index is 1390. The number of rotatable bonds is 7. The highest BCUT2D eigenvalue weighted by molar-refractivity contribution is 6.32. The minimum atomic E-state index is -0.696. The monoisotopic (exact) mass is 553 g/mol. The lowest BCUT2D eigenvalue weighted by Crippen LogP contribution is -2.27. The second-order valence-corrected chi connectivity index (χ2v) is 11.3. The van der Waals surface area contributed by atoms with Crippen molar-refractivity contribution in [1.29, 1.82) is 0 Å². The quantitative estimate of drug-likeness (QED) is 0.228. The van der Waals surface area contributed by atoms with E-state index in [0.29, 0.717) is 16.9 Å². The average Bonchev–Trinajstić information content (AvgIpc) is 2.82. The summed E-state index contributed by atoms with van der Waals surface area (Å²) in [7, 11) is 0. The third kappa shape index (κ3) is 8.19. The van der Waals surface area contributed by atoms with Gasteiger partial charge in [-0.2, -0.15) is 0 Å². The van der Waals surface area contributed by atoms with Gasteiger partial charge in [0, 0.05) is 11.6 Å². The van der Waals surface area contributed by atoms with E-state index in [1.807, 2.05) is 26.8 Å². The van der Waals surface area contributed by atoms with Gasteiger partial charge in [0.1, 0.15) is 18.0 Å². The minimum Gasteiger partial charge on any atom is -0.487 e. The van der Waals surface area contributed by atoms with Crippen LogP contribution < -0.4 is 15.4 Å². The summed E-state index contributed by atoms with van der Waals surface area (Å²) in [5.74, 6) is -0.279. The Morgan fingerprint density at radius 3 is 2.26 bits per heavy atom. The van der Waals surface area contributed by atoms with Crippen LogP contribution in [-0.4, -0.2) is 22.5 Å². The summed E-state index contributed by atoms with van der Waals surface area (Å²) in [5, 5.41) is 17.1. The molecular formula is C29H32ClN3O6. The fourth-order valence-corrected chi connectivity index (χ4v) is 3.73. The maximum absolute atomic E-state index is 13.3. The largest absolute Gasteiger partial charge is 0.487 e. The van der Waals surface area contributed by atoms with E-state index in [1.165, 1.54) is 24.3 Å². The van der Waals surface area contributed by atoms with E-state index in [2.05, 4.69) is 10.6 Å². The first-order valence-electron chi connectivity index (χ1n) is 12.2. The molecule has 3 rings (SSSR count). The molecule has 3 aromatic carbocycles. The summed E-state index contributed by atoms with van der Waals surface area (Å²) in [4.78, 5) is 36.5. The van der Waals surface area contributed by atoms with E-state index >= 15 is 0 Å². The van der Waals surface area contributed by atoms with Crippen LogP contribution in [0.4, 0.5) is 21.9 Å². The maximum atomic E-state index is 13.3. The van der Waals surface area contributed by atoms with Crippen molar-refractivity contribution in [3.8, 4) is 5.75 Å². The highest BCUT2D eigenvalue weighted by atomic mass is 35.5. The van der Waals surface area contributed by atoms with Crippen LogP contribution in [0.3, 0.4) is 0 Å². The van der Waals surface area contributed by atoms with Gasteiger partial charge in [-0.1, -0.05) is 50.6 Å². The number of hydrogen-bond acceptors (Lipinski definition) is 6. The molecule has 0 radical (unpaired) electrons. The molecule has 0 fully saturated rings. The van der Waals surface area contributed by atoms with Crippen LogP contribution in [0.1, 0.15) is 63.0 Å². The second kappa shape index (κ2) is 11.7. The number of anilines is 2. The molecule has 2 amide bonds. The van der Waals surface area contributed by atoms with Crippen molar-refractivity contribution in [3.05, 3.63) is 92.5 Å². The molecule has 0 aliphatic carbocycles. The van der Waals surface area contributed by atoms with Crippen molar-refractivity contribution in [2.45, 2.75) is 59.2 Å². The third-order valence-electron chi connectivity index (χ3n) is 5.53. The highest BCUT2D eigenvalue weighted by Crippen LogP contribution is 2.32. The molecule has 9 nitrogen and oxygen atoms in total. The van der Waals surface area contributed by atoms with E-state index in [1.54, 1.807) is 51.1 Å². The van der Waals surface area contributed by atoms with Crippen LogP contribution >= 0.6 is 11.6 Å². The number of carbonyl (C=O) groups excluding carboxylic acids is 2. The van der Waals surface area contributed by atoms with Gasteiger partial charge in [-0.15, -0.1) is 0 Å². The number of carbonyl (C=O) groups is 2. The Labute approximate surface area is 232 Å². The average molecular weight is 554 g/mol. The van der Waals surface area contributed by atoms with Crippen molar-refractivity contribution in [2.75, 3.05) is 10.6 Å². The molecular weight excluding hydrogens is 522 g/mol. The number of nitro groups is 1. The first-order valence-corrected chi connectivity index (χ1v) is 12.6. The van der Waals surface area contributed by atoms with E-state index in [0.717, 1.165) is 5.56 Å². The molecule has 206 valence electrons. The Morgan fingerprint density at radius 1 is 0.923 bits per heavy atom. The van der Waals surface area contributed by atoms with Gasteiger partial charge in [-0.3, -0.25) is 20.2 Å². The van der Waals surface area contributed by atoms with E-state index < -0.39 is 22.5 Å². The molecule has 0 aromatic heterocycles. The summed E-state index contributed by atoms with van der Waals surface area (Å²) in [6.07, 6.45) is -0.654. The number of nitrogens with zero attached hydrogens (tertiary/aromatic N) is 1. The number of ether oxygens (including phenoxy) is 2. The van der Waals surface area contributed by atoms with Gasteiger partial charge in [0.05, 0.1) is 26.9 Å². The number of amides is 2. The minimum absolute atomic E-state index is 0.0775. The molecule has 0 spiro atoms. The van der Waals surface area contributed by atoms with Gasteiger partial charge in [-0.25, -0.2) is 4.79 Å². The zero-order valence-electron chi connectivity index (χ0n) is 22.8. The highest BCUT2D eigenvalue weighted by Gasteiger charge is 2.21. The van der Waals surface area contributed by atoms with E-state index in [4.69, 9.17) is 21.1 Å². The van der Waals surface area contributed by atoms with Crippen LogP contribution in [-0.2, 0) is 16.8 Å². The zero-order chi connectivity index (χ0) is 29.0. The van der Waals surface area contributed by atoms with Gasteiger partial charge in [-0.05, 0) is 68.1 Å². The van der Waals surface area contributed by atoms with E-state index in [9.17, 15) is 19.7 Å². The predicted molar refractivity (Wildman–Crippen MR) is 152 cm³/mol. The van der Waals surface area contributed by atoms with Gasteiger partial charge in [0.2, 0.25) is 0 Å². The fraction of sp³-hybridized carbons (Fsp3) is 0.310. The van der Waals surface area contributed by atoms with Crippen molar-refractivity contribution < 1.29 is 24.0 Å². The van der Waals surface area contributed by atoms with Crippen LogP contribution in [0.2, 0.25) is 5.02 Å². The molecule has 0 bridgehead atoms. The Balaban J connectivity index is 1.86. The molecule has 10 heteroatoms. The standard InChI is InChI=1S/C29H32ClN3O6/c1-28(2,3)20-12-14-22(32-27(35)39-29(4,5)6)23(16-20)31-26(34)18-11-13-21(30)25(15-18)38-17-19-9-7-8-10-24(19)33(36)37/h7-16H,17H2,1-6H3,(H,31,34)(H,32,35). The van der Waals surface area contributed by atoms with Crippen molar-refractivity contribution >= 4 is 40.7 Å². The van der Waals surface area contributed by atoms with Gasteiger partial charge in [0.15, 0.2) is 0 Å². The Kier molecular flexibility index (Phi) is 8.86. The van der Waals surface area contributed by atoms with E-state index in [-0.39, 0.29) is 34.0 Å². The molecule has 0 atom stereocenters. The summed E-state index contributed by atoms with van der Waals surface area (Å²) in [6, 6.07) is 16.1. The molecule has 0 aliphatic rings. The van der Waals surface area contributed by atoms with Crippen LogP contribution in [0.5, 0.6) is 5.75 Å². The molecule has 0 heterocycles. The normalized spacial score (nSPS) is 11.5. The van der Waals surface area contributed by atoms with Crippen molar-refractivity contribution in [3.63, 3.8) is 0 Å². The van der Waals surface area contributed by atoms with Crippen LogP contribution in [0, 0.1) is 10.1 Å². The van der Waals surface area contributed by atoms with Gasteiger partial charge in [0.25, 0.3) is 11.6 Å². The zero-order valence-corrected chi connectivity index (χ0v) is 23.5. The topological polar surface area (TPSA) is 120 Å². The predicted octanol–water partition coefficient (Wildman–Crippen LogP) is 7.72. The second-order valence-electron chi connectivity index (χ2n) is 10.9. The molecule has 0 saturated heterocycles. The fourth-order valence-electron chi connectivity index (χ4n) is 3.55. The summed E-state index contributed by atoms with van der Waals surface area (Å²) in [6.45, 7) is 11.3. The lowest BCUT2D eigenvalue weighted by Gasteiger charge is -2.23. The lowest BCUT2D eigenvalue weighted by molar-refractivity contribution is -0.385. The summed E-state index contributed by atoms with van der Waals surface area (Å²) in [5.41, 5.74) is 1.31. The molecule has 0 unspecified atom stereocenters. The summed E-state index contributed by atoms with van der Waals surface area (Å²) >= 11 is 6.28. The van der Waals surface area contributed by atoms with Crippen molar-refractivity contribution in [2.24, 2.45) is 0 Å². The van der Waals surface area contributed by atoms with Gasteiger partial charge >= 0.3 is 6.09 Å². The number of halogens is 1. The molecule has 0 saturated carbocycles. The molecule has 0 aliphatic heterocycles. The number of benzene rings is 3. The molecule has 3 aromatic rings. The first-order chi connectivity index (χ1) is 18.1. The SMILES string of the molecule is CC(C)(C)OC(=O)Nc1ccc(C(C)(C)C)cc1NC(=O)c1ccc(Cl)c(OCc2ccccc2[N+](=O)[O-])c1. The number of nitrogens with one attached hydrogen (secondary N) is 2. The molecule has 39 heavy (non-hydrogen) atoms. The number of nitro benzene ring substituents is 1. The van der Waals surface area contributed by atoms with Crippen LogP contribution in [0.25, 0.3) is 0 Å². The van der Waals surface area contributed by atoms with Gasteiger partial charge < -0.3 is 14.8 Å². The maximum Gasteiger partial charge on any atom is 0.412 e. The Hall–Kier alpha value is -4.11. The van der Waals surface area contributed by atoms with Crippen LogP contribution in [0.15, 0.2) is 60.7 Å². The lowest BCUT2D eigenvalue weighted by atomic mass is 9.86. The molecule has 2 N–H and O–H groups in total.